The Morgan fingerprint density at radius 1 is 1.58 bits per heavy atom. The van der Waals surface area contributed by atoms with Crippen molar-refractivity contribution in [2.24, 2.45) is 10.9 Å². The van der Waals surface area contributed by atoms with Crippen molar-refractivity contribution in [3.63, 3.8) is 0 Å². The van der Waals surface area contributed by atoms with Crippen molar-refractivity contribution >= 4 is 22.8 Å². The molecule has 1 aliphatic rings. The molecule has 1 saturated heterocycles. The van der Waals surface area contributed by atoms with E-state index in [0.717, 1.165) is 44.6 Å². The first kappa shape index (κ1) is 16.5. The molecule has 5 N–H and O–H groups in total. The zero-order chi connectivity index (χ0) is 16.9. The minimum Gasteiger partial charge on any atom is -0.409 e. The second kappa shape index (κ2) is 7.50. The molecule has 130 valence electrons. The van der Waals surface area contributed by atoms with Gasteiger partial charge in [-0.05, 0) is 31.5 Å². The van der Waals surface area contributed by atoms with Crippen molar-refractivity contribution in [2.45, 2.75) is 18.9 Å². The first-order chi connectivity index (χ1) is 11.7. The van der Waals surface area contributed by atoms with Gasteiger partial charge < -0.3 is 26.0 Å². The Labute approximate surface area is 140 Å². The largest absolute Gasteiger partial charge is 0.409 e. The lowest BCUT2D eigenvalue weighted by Gasteiger charge is -2.32. The molecule has 1 aromatic carbocycles. The number of likely N-dealkylation sites (tertiary alicyclic amines) is 1. The number of anilines is 1. The Balaban J connectivity index is 1.73. The highest BCUT2D eigenvalue weighted by Crippen LogP contribution is 2.20. The number of nitrogens with one attached hydrogen (secondary N) is 2. The summed E-state index contributed by atoms with van der Waals surface area (Å²) in [5.41, 5.74) is 7.89. The number of H-pyrrole nitrogens is 1. The number of oxime groups is 1. The van der Waals surface area contributed by atoms with E-state index in [0.29, 0.717) is 23.1 Å². The number of aromatic nitrogens is 2. The molecule has 8 nitrogen and oxygen atoms in total. The maximum Gasteiger partial charge on any atom is 0.201 e. The molecule has 1 fully saturated rings. The molecule has 8 heteroatoms. The Bertz CT molecular complexity index is 714. The second-order valence-electron chi connectivity index (χ2n) is 6.05. The van der Waals surface area contributed by atoms with Gasteiger partial charge in [0.05, 0.1) is 12.1 Å². The highest BCUT2D eigenvalue weighted by Gasteiger charge is 2.20. The number of para-hydroxylation sites is 1. The van der Waals surface area contributed by atoms with Gasteiger partial charge in [-0.25, -0.2) is 4.98 Å². The molecule has 0 amide bonds. The smallest absolute Gasteiger partial charge is 0.201 e. The quantitative estimate of drug-likeness (QED) is 0.273. The summed E-state index contributed by atoms with van der Waals surface area (Å²) < 4.78 is 5.16. The van der Waals surface area contributed by atoms with Crippen LogP contribution in [0.3, 0.4) is 0 Å². The SMILES string of the molecule is COCCN1CCCC(Nc2nc3c(C(N)=NO)cccc3[nH]2)C1. The number of benzene rings is 1. The summed E-state index contributed by atoms with van der Waals surface area (Å²) in [6.45, 7) is 3.77. The van der Waals surface area contributed by atoms with Gasteiger partial charge in [0.15, 0.2) is 5.84 Å². The van der Waals surface area contributed by atoms with Crippen LogP contribution >= 0.6 is 0 Å². The van der Waals surface area contributed by atoms with Gasteiger partial charge in [-0.15, -0.1) is 0 Å². The van der Waals surface area contributed by atoms with E-state index in [2.05, 4.69) is 25.3 Å². The van der Waals surface area contributed by atoms with Crippen LogP contribution in [0.1, 0.15) is 18.4 Å². The molecule has 2 aromatic rings. The highest BCUT2D eigenvalue weighted by atomic mass is 16.5. The molecule has 1 atom stereocenters. The summed E-state index contributed by atoms with van der Waals surface area (Å²) >= 11 is 0. The fraction of sp³-hybridized carbons (Fsp3) is 0.500. The predicted molar refractivity (Wildman–Crippen MR) is 93.6 cm³/mol. The lowest BCUT2D eigenvalue weighted by atomic mass is 10.1. The third kappa shape index (κ3) is 3.60. The maximum atomic E-state index is 8.91. The molecule has 1 unspecified atom stereocenters. The minimum absolute atomic E-state index is 0.0575. The average molecular weight is 332 g/mol. The van der Waals surface area contributed by atoms with Gasteiger partial charge in [0, 0.05) is 31.8 Å². The van der Waals surface area contributed by atoms with Gasteiger partial charge in [-0.2, -0.15) is 0 Å². The highest BCUT2D eigenvalue weighted by molar-refractivity contribution is 6.07. The summed E-state index contributed by atoms with van der Waals surface area (Å²) in [7, 11) is 1.73. The zero-order valence-electron chi connectivity index (χ0n) is 13.8. The van der Waals surface area contributed by atoms with Crippen molar-refractivity contribution in [3.05, 3.63) is 23.8 Å². The van der Waals surface area contributed by atoms with Crippen molar-refractivity contribution < 1.29 is 9.94 Å². The van der Waals surface area contributed by atoms with Gasteiger partial charge in [0.1, 0.15) is 5.52 Å². The van der Waals surface area contributed by atoms with Crippen LogP contribution in [0.5, 0.6) is 0 Å². The van der Waals surface area contributed by atoms with Crippen LogP contribution in [0, 0.1) is 0 Å². The first-order valence-electron chi connectivity index (χ1n) is 8.15. The van der Waals surface area contributed by atoms with Crippen molar-refractivity contribution in [1.82, 2.24) is 14.9 Å². The van der Waals surface area contributed by atoms with E-state index < -0.39 is 0 Å². The minimum atomic E-state index is 0.0575. The van der Waals surface area contributed by atoms with Crippen LogP contribution in [0.25, 0.3) is 11.0 Å². The number of amidine groups is 1. The lowest BCUT2D eigenvalue weighted by Crippen LogP contribution is -2.43. The Kier molecular flexibility index (Phi) is 5.17. The molecule has 24 heavy (non-hydrogen) atoms. The summed E-state index contributed by atoms with van der Waals surface area (Å²) in [6, 6.07) is 5.90. The number of hydrogen-bond acceptors (Lipinski definition) is 6. The normalized spacial score (nSPS) is 19.7. The van der Waals surface area contributed by atoms with Gasteiger partial charge in [0.25, 0.3) is 0 Å². The zero-order valence-corrected chi connectivity index (χ0v) is 13.8. The summed E-state index contributed by atoms with van der Waals surface area (Å²) in [6.07, 6.45) is 2.25. The number of nitrogens with zero attached hydrogens (tertiary/aromatic N) is 3. The number of imidazole rings is 1. The molecule has 3 rings (SSSR count). The number of nitrogens with two attached hydrogens (primary N) is 1. The third-order valence-electron chi connectivity index (χ3n) is 4.35. The molecular formula is C16H24N6O2. The number of ether oxygens (including phenoxy) is 1. The molecule has 0 aliphatic carbocycles. The molecule has 0 saturated carbocycles. The van der Waals surface area contributed by atoms with E-state index in [-0.39, 0.29) is 5.84 Å². The monoisotopic (exact) mass is 332 g/mol. The average Bonchev–Trinajstić information content (AvgIpc) is 3.01. The first-order valence-corrected chi connectivity index (χ1v) is 8.15. The third-order valence-corrected chi connectivity index (χ3v) is 4.35. The lowest BCUT2D eigenvalue weighted by molar-refractivity contribution is 0.131. The summed E-state index contributed by atoms with van der Waals surface area (Å²) in [5.74, 6) is 0.767. The fourth-order valence-corrected chi connectivity index (χ4v) is 3.15. The molecule has 2 heterocycles. The molecule has 0 radical (unpaired) electrons. The number of aromatic amines is 1. The van der Waals surface area contributed by atoms with Crippen LogP contribution in [0.15, 0.2) is 23.4 Å². The molecule has 0 spiro atoms. The number of rotatable bonds is 6. The fourth-order valence-electron chi connectivity index (χ4n) is 3.15. The summed E-state index contributed by atoms with van der Waals surface area (Å²) in [4.78, 5) is 10.2. The van der Waals surface area contributed by atoms with Gasteiger partial charge >= 0.3 is 0 Å². The second-order valence-corrected chi connectivity index (χ2v) is 6.05. The predicted octanol–water partition coefficient (Wildman–Crippen LogP) is 1.18. The molecule has 0 bridgehead atoms. The van der Waals surface area contributed by atoms with Crippen LogP contribution in [-0.2, 0) is 4.74 Å². The van der Waals surface area contributed by atoms with E-state index in [4.69, 9.17) is 15.7 Å². The van der Waals surface area contributed by atoms with E-state index in [1.165, 1.54) is 0 Å². The Morgan fingerprint density at radius 3 is 3.25 bits per heavy atom. The maximum absolute atomic E-state index is 8.91. The number of piperidine rings is 1. The van der Waals surface area contributed by atoms with Crippen LogP contribution < -0.4 is 11.1 Å². The number of methoxy groups -OCH3 is 1. The molecule has 1 aromatic heterocycles. The molecular weight excluding hydrogens is 308 g/mol. The van der Waals surface area contributed by atoms with Crippen LogP contribution in [-0.4, -0.2) is 65.3 Å². The van der Waals surface area contributed by atoms with Crippen molar-refractivity contribution in [2.75, 3.05) is 38.7 Å². The van der Waals surface area contributed by atoms with Gasteiger partial charge in [0.2, 0.25) is 5.95 Å². The Hall–Kier alpha value is -2.32. The van der Waals surface area contributed by atoms with Gasteiger partial charge in [-0.3, -0.25) is 4.90 Å². The van der Waals surface area contributed by atoms with Crippen molar-refractivity contribution in [1.29, 1.82) is 0 Å². The van der Waals surface area contributed by atoms with E-state index >= 15 is 0 Å². The van der Waals surface area contributed by atoms with E-state index in [1.807, 2.05) is 12.1 Å². The standard InChI is InChI=1S/C16H24N6O2/c1-24-9-8-22-7-3-4-11(10-22)18-16-19-13-6-2-5-12(14(13)20-16)15(17)21-23/h2,5-6,11,23H,3-4,7-10H2,1H3,(H2,17,21)(H2,18,19,20). The van der Waals surface area contributed by atoms with E-state index in [9.17, 15) is 0 Å². The van der Waals surface area contributed by atoms with E-state index in [1.54, 1.807) is 13.2 Å². The Morgan fingerprint density at radius 2 is 2.46 bits per heavy atom. The summed E-state index contributed by atoms with van der Waals surface area (Å²) in [5, 5.41) is 15.5. The number of hydrogen-bond donors (Lipinski definition) is 4. The van der Waals surface area contributed by atoms with Crippen LogP contribution in [0.2, 0.25) is 0 Å². The van der Waals surface area contributed by atoms with Crippen molar-refractivity contribution in [3.8, 4) is 0 Å². The van der Waals surface area contributed by atoms with Crippen LogP contribution in [0.4, 0.5) is 5.95 Å². The molecule has 1 aliphatic heterocycles. The number of fused-ring (bicyclic) bond motifs is 1. The van der Waals surface area contributed by atoms with Gasteiger partial charge in [-0.1, -0.05) is 11.2 Å². The topological polar surface area (TPSA) is 112 Å².